The van der Waals surface area contributed by atoms with Crippen molar-refractivity contribution in [1.82, 2.24) is 9.97 Å². The van der Waals surface area contributed by atoms with Gasteiger partial charge in [-0.1, -0.05) is 48.7 Å². The van der Waals surface area contributed by atoms with Gasteiger partial charge in [-0.3, -0.25) is 0 Å². The lowest BCUT2D eigenvalue weighted by Gasteiger charge is -2.32. The van der Waals surface area contributed by atoms with E-state index in [9.17, 15) is 18.3 Å². The molecule has 0 saturated heterocycles. The molecule has 1 aromatic heterocycles. The molecule has 194 valence electrons. The number of fused-ring (bicyclic) bond motifs is 1. The topological polar surface area (TPSA) is 82.2 Å². The van der Waals surface area contributed by atoms with Crippen molar-refractivity contribution in [3.8, 4) is 0 Å². The molecule has 2 aromatic rings. The van der Waals surface area contributed by atoms with Gasteiger partial charge in [0.25, 0.3) is 0 Å². The molecule has 1 heterocycles. The molecule has 1 unspecified atom stereocenters. The zero-order valence-electron chi connectivity index (χ0n) is 20.1. The fourth-order valence-electron chi connectivity index (χ4n) is 5.48. The number of rotatable bonds is 8. The van der Waals surface area contributed by atoms with Crippen LogP contribution in [0.1, 0.15) is 80.3 Å². The Hall–Kier alpha value is -2.45. The molecule has 0 aliphatic heterocycles. The van der Waals surface area contributed by atoms with Crippen LogP contribution in [0.2, 0.25) is 5.02 Å². The van der Waals surface area contributed by atoms with Gasteiger partial charge in [0.1, 0.15) is 6.33 Å². The minimum Gasteiger partial charge on any atom is -0.616 e. The molecule has 1 aromatic carbocycles. The van der Waals surface area contributed by atoms with Crippen molar-refractivity contribution in [3.63, 3.8) is 0 Å². The number of nitrogens with zero attached hydrogens (tertiary/aromatic N) is 3. The number of alkyl halides is 3. The zero-order chi connectivity index (χ0) is 25.8. The summed E-state index contributed by atoms with van der Waals surface area (Å²) in [6.45, 7) is 0. The summed E-state index contributed by atoms with van der Waals surface area (Å²) >= 11 is 5.80. The van der Waals surface area contributed by atoms with Crippen molar-refractivity contribution in [2.24, 2.45) is 16.9 Å². The Morgan fingerprint density at radius 1 is 1.08 bits per heavy atom. The predicted molar refractivity (Wildman–Crippen MR) is 136 cm³/mol. The van der Waals surface area contributed by atoms with E-state index < -0.39 is 11.8 Å². The molecule has 1 fully saturated rings. The second-order valence-electron chi connectivity index (χ2n) is 9.85. The number of allylic oxidation sites excluding steroid dienone is 1. The number of unbranched alkanes of at least 4 members (excludes halogenated alkanes) is 1. The third-order valence-corrected chi connectivity index (χ3v) is 7.84. The number of nitrogens with one attached hydrogen (secondary N) is 1. The van der Waals surface area contributed by atoms with Gasteiger partial charge in [0.05, 0.1) is 11.4 Å². The normalized spacial score (nSPS) is 22.2. The minimum absolute atomic E-state index is 0.147. The van der Waals surface area contributed by atoms with Gasteiger partial charge in [-0.25, -0.2) is 9.97 Å². The second kappa shape index (κ2) is 11.3. The molecule has 2 N–H and O–H groups in total. The van der Waals surface area contributed by atoms with Gasteiger partial charge in [-0.05, 0) is 75.0 Å². The van der Waals surface area contributed by atoms with Crippen molar-refractivity contribution in [2.75, 3.05) is 0 Å². The lowest BCUT2D eigenvalue weighted by molar-refractivity contribution is -0.269. The van der Waals surface area contributed by atoms with Crippen molar-refractivity contribution < 1.29 is 18.3 Å². The Bertz CT molecular complexity index is 1100. The third kappa shape index (κ3) is 5.75. The quantitative estimate of drug-likeness (QED) is 0.221. The number of hydrogen-bond donors (Lipinski definition) is 1. The maximum absolute atomic E-state index is 13.7. The van der Waals surface area contributed by atoms with Gasteiger partial charge in [0.2, 0.25) is 0 Å². The molecule has 4 rings (SSSR count). The van der Waals surface area contributed by atoms with Gasteiger partial charge in [-0.15, -0.1) is 0 Å². The molecular weight excluding hydrogens is 489 g/mol. The molecule has 9 heteroatoms. The fraction of sp³-hybridized carbons (Fsp3) is 0.519. The zero-order valence-corrected chi connectivity index (χ0v) is 20.8. The van der Waals surface area contributed by atoms with E-state index in [-0.39, 0.29) is 24.3 Å². The molecule has 1 atom stereocenters. The molecule has 2 aliphatic rings. The first-order valence-electron chi connectivity index (χ1n) is 12.5. The molecule has 36 heavy (non-hydrogen) atoms. The molecule has 0 amide bonds. The standard InChI is InChI=1S/C27H31ClF3N4O/c28-21-14-12-20(13-15-21)26(36,27(29,30)31)16-4-3-5-18-8-10-19(11-9-18)24(35-32)25-22-6-1-2-7-23(22)33-17-34-25/h1,6,12-15,17-19,32,36H,2-5,7-11,16H2/q-1/b35-24-. The van der Waals surface area contributed by atoms with Crippen LogP contribution in [-0.4, -0.2) is 27.0 Å². The summed E-state index contributed by atoms with van der Waals surface area (Å²) < 4.78 is 41.2. The van der Waals surface area contributed by atoms with E-state index in [2.05, 4.69) is 21.1 Å². The van der Waals surface area contributed by atoms with Crippen molar-refractivity contribution in [1.29, 1.82) is 0 Å². The van der Waals surface area contributed by atoms with Crippen LogP contribution in [-0.2, 0) is 12.0 Å². The molecule has 1 saturated carbocycles. The Morgan fingerprint density at radius 3 is 2.47 bits per heavy atom. The number of hydrogen-bond acceptors (Lipinski definition) is 4. The van der Waals surface area contributed by atoms with Crippen LogP contribution in [0.3, 0.4) is 0 Å². The SMILES string of the molecule is [NH-]/N=C(\c1ncnc2c1C=CCC2)C1CCC(CCCCC(O)(c2ccc(Cl)cc2)C(F)(F)F)CC1. The molecular formula is C27H31ClF3N4O-. The lowest BCUT2D eigenvalue weighted by atomic mass is 9.76. The van der Waals surface area contributed by atoms with E-state index in [1.54, 1.807) is 6.33 Å². The Kier molecular flexibility index (Phi) is 8.35. The number of aliphatic hydroxyl groups is 1. The highest BCUT2D eigenvalue weighted by Crippen LogP contribution is 2.43. The van der Waals surface area contributed by atoms with Crippen molar-refractivity contribution in [3.05, 3.63) is 70.0 Å². The van der Waals surface area contributed by atoms with Gasteiger partial charge in [0, 0.05) is 22.2 Å². The van der Waals surface area contributed by atoms with Crippen LogP contribution >= 0.6 is 11.6 Å². The average molecular weight is 520 g/mol. The van der Waals surface area contributed by atoms with Crippen LogP contribution in [0, 0.1) is 11.8 Å². The summed E-state index contributed by atoms with van der Waals surface area (Å²) in [5, 5.41) is 14.8. The highest BCUT2D eigenvalue weighted by Gasteiger charge is 2.54. The monoisotopic (exact) mass is 519 g/mol. The maximum Gasteiger partial charge on any atom is 0.421 e. The summed E-state index contributed by atoms with van der Waals surface area (Å²) in [6, 6.07) is 5.22. The van der Waals surface area contributed by atoms with Crippen LogP contribution in [0.4, 0.5) is 13.2 Å². The predicted octanol–water partition coefficient (Wildman–Crippen LogP) is 7.66. The van der Waals surface area contributed by atoms with Crippen LogP contribution in [0.15, 0.2) is 41.8 Å². The molecule has 0 spiro atoms. The summed E-state index contributed by atoms with van der Waals surface area (Å²) in [6.07, 6.45) is 7.68. The van der Waals surface area contributed by atoms with Gasteiger partial charge in [0.15, 0.2) is 5.60 Å². The first-order chi connectivity index (χ1) is 17.2. The largest absolute Gasteiger partial charge is 0.616 e. The number of aromatic nitrogens is 2. The highest BCUT2D eigenvalue weighted by molar-refractivity contribution is 6.30. The molecule has 0 bridgehead atoms. The van der Waals surface area contributed by atoms with Gasteiger partial charge in [-0.2, -0.15) is 13.2 Å². The van der Waals surface area contributed by atoms with E-state index >= 15 is 0 Å². The number of aryl methyl sites for hydroxylation is 1. The van der Waals surface area contributed by atoms with Crippen molar-refractivity contribution >= 4 is 23.4 Å². The summed E-state index contributed by atoms with van der Waals surface area (Å²) in [7, 11) is 0. The van der Waals surface area contributed by atoms with Gasteiger partial charge >= 0.3 is 6.18 Å². The number of halogens is 4. The fourth-order valence-corrected chi connectivity index (χ4v) is 5.61. The number of benzene rings is 1. The van der Waals surface area contributed by atoms with E-state index in [0.29, 0.717) is 23.1 Å². The molecule has 2 aliphatic carbocycles. The highest BCUT2D eigenvalue weighted by atomic mass is 35.5. The Balaban J connectivity index is 1.30. The van der Waals surface area contributed by atoms with E-state index in [1.165, 1.54) is 24.3 Å². The molecule has 0 radical (unpaired) electrons. The summed E-state index contributed by atoms with van der Waals surface area (Å²) in [5.74, 6) is 8.37. The van der Waals surface area contributed by atoms with Gasteiger partial charge < -0.3 is 16.1 Å². The maximum atomic E-state index is 13.7. The second-order valence-corrected chi connectivity index (χ2v) is 10.3. The average Bonchev–Trinajstić information content (AvgIpc) is 2.87. The van der Waals surface area contributed by atoms with E-state index in [4.69, 9.17) is 17.4 Å². The van der Waals surface area contributed by atoms with Crippen LogP contribution in [0.25, 0.3) is 11.9 Å². The third-order valence-electron chi connectivity index (χ3n) is 7.59. The van der Waals surface area contributed by atoms with E-state index in [0.717, 1.165) is 61.9 Å². The first-order valence-corrected chi connectivity index (χ1v) is 12.9. The lowest BCUT2D eigenvalue weighted by Crippen LogP contribution is -2.42. The van der Waals surface area contributed by atoms with Crippen LogP contribution in [0.5, 0.6) is 0 Å². The summed E-state index contributed by atoms with van der Waals surface area (Å²) in [5.41, 5.74) is 0.369. The Labute approximate surface area is 214 Å². The first kappa shape index (κ1) is 26.6. The molecule has 5 nitrogen and oxygen atoms in total. The Morgan fingerprint density at radius 2 is 1.81 bits per heavy atom. The summed E-state index contributed by atoms with van der Waals surface area (Å²) in [4.78, 5) is 8.83. The van der Waals surface area contributed by atoms with Crippen molar-refractivity contribution in [2.45, 2.75) is 76.0 Å². The minimum atomic E-state index is -4.76. The van der Waals surface area contributed by atoms with E-state index in [1.807, 2.05) is 6.08 Å². The smallest absolute Gasteiger partial charge is 0.421 e. The van der Waals surface area contributed by atoms with Crippen LogP contribution < -0.4 is 0 Å².